The Morgan fingerprint density at radius 3 is 2.72 bits per heavy atom. The lowest BCUT2D eigenvalue weighted by Gasteiger charge is -2.32. The molecule has 1 aliphatic rings. The number of piperidine rings is 1. The second kappa shape index (κ2) is 7.72. The molecule has 0 aliphatic carbocycles. The van der Waals surface area contributed by atoms with E-state index in [1.54, 1.807) is 6.20 Å². The highest BCUT2D eigenvalue weighted by atomic mass is 16.2. The Kier molecular flexibility index (Phi) is 5.40. The number of imidazole rings is 1. The normalized spacial score (nSPS) is 15.8. The minimum Gasteiger partial charge on any atom is -0.335 e. The van der Waals surface area contributed by atoms with Gasteiger partial charge in [-0.1, -0.05) is 0 Å². The Balaban J connectivity index is 1.46. The average Bonchev–Trinajstić information content (AvgIpc) is 3.22. The van der Waals surface area contributed by atoms with Gasteiger partial charge < -0.3 is 9.47 Å². The molecule has 0 bridgehead atoms. The Bertz CT molecular complexity index is 696. The number of carbonyl (C=O) groups is 1. The van der Waals surface area contributed by atoms with E-state index in [1.165, 1.54) is 0 Å². The number of nitrogens with one attached hydrogen (secondary N) is 1. The van der Waals surface area contributed by atoms with Crippen molar-refractivity contribution in [2.24, 2.45) is 5.92 Å². The molecule has 0 spiro atoms. The van der Waals surface area contributed by atoms with Gasteiger partial charge in [0, 0.05) is 44.1 Å². The monoisotopic (exact) mass is 344 g/mol. The highest BCUT2D eigenvalue weighted by Crippen LogP contribution is 2.22. The lowest BCUT2D eigenvalue weighted by Crippen LogP contribution is -2.41. The molecule has 1 aliphatic heterocycles. The van der Waals surface area contributed by atoms with Crippen LogP contribution in [-0.2, 0) is 6.54 Å². The van der Waals surface area contributed by atoms with Gasteiger partial charge in [-0.15, -0.1) is 0 Å². The van der Waals surface area contributed by atoms with E-state index in [4.69, 9.17) is 0 Å². The van der Waals surface area contributed by atoms with E-state index in [1.807, 2.05) is 35.0 Å². The molecule has 0 unspecified atom stereocenters. The summed E-state index contributed by atoms with van der Waals surface area (Å²) in [5, 5.41) is 7.25. The summed E-state index contributed by atoms with van der Waals surface area (Å²) in [6, 6.07) is 2.05. The zero-order valence-electron chi connectivity index (χ0n) is 15.4. The zero-order chi connectivity index (χ0) is 17.8. The molecule has 1 N–H and O–H groups in total. The number of aryl methyl sites for hydroxylation is 2. The van der Waals surface area contributed by atoms with Crippen molar-refractivity contribution in [3.63, 3.8) is 0 Å². The van der Waals surface area contributed by atoms with Crippen molar-refractivity contribution < 1.29 is 4.79 Å². The maximum atomic E-state index is 12.5. The summed E-state index contributed by atoms with van der Waals surface area (Å²) in [6.07, 6.45) is 8.88. The molecular weight excluding hydrogens is 316 g/mol. The molecule has 25 heavy (non-hydrogen) atoms. The molecule has 0 aromatic carbocycles. The largest absolute Gasteiger partial charge is 0.335 e. The standard InChI is InChI=1S/C18H28N6O/c1-14(2)24-17(4-8-20-24)21-18(25)23-11-6-16(7-12-23)5-10-22-13-9-19-15(22)3/h4,8-9,13-14,16H,5-7,10-12H2,1-3H3,(H,21,25). The van der Waals surface area contributed by atoms with Gasteiger partial charge in [0.2, 0.25) is 0 Å². The number of hydrogen-bond donors (Lipinski definition) is 1. The molecule has 0 saturated carbocycles. The van der Waals surface area contributed by atoms with Crippen LogP contribution in [0.15, 0.2) is 24.7 Å². The fourth-order valence-electron chi connectivity index (χ4n) is 3.40. The van der Waals surface area contributed by atoms with Gasteiger partial charge in [0.25, 0.3) is 0 Å². The van der Waals surface area contributed by atoms with Gasteiger partial charge in [-0.05, 0) is 46.0 Å². The highest BCUT2D eigenvalue weighted by molar-refractivity contribution is 5.88. The first-order chi connectivity index (χ1) is 12.0. The summed E-state index contributed by atoms with van der Waals surface area (Å²) in [5.41, 5.74) is 0. The molecule has 0 radical (unpaired) electrons. The van der Waals surface area contributed by atoms with Gasteiger partial charge in [0.1, 0.15) is 11.6 Å². The van der Waals surface area contributed by atoms with Crippen molar-refractivity contribution in [1.29, 1.82) is 0 Å². The molecular formula is C18H28N6O. The van der Waals surface area contributed by atoms with E-state index in [0.29, 0.717) is 5.92 Å². The van der Waals surface area contributed by atoms with Crippen LogP contribution in [-0.4, -0.2) is 43.4 Å². The Hall–Kier alpha value is -2.31. The first kappa shape index (κ1) is 17.5. The van der Waals surface area contributed by atoms with Gasteiger partial charge in [0.15, 0.2) is 0 Å². The molecule has 7 nitrogen and oxygen atoms in total. The van der Waals surface area contributed by atoms with Gasteiger partial charge in [-0.25, -0.2) is 14.5 Å². The van der Waals surface area contributed by atoms with E-state index in [0.717, 1.165) is 50.5 Å². The summed E-state index contributed by atoms with van der Waals surface area (Å²) in [7, 11) is 0. The van der Waals surface area contributed by atoms with Gasteiger partial charge in [0.05, 0.1) is 6.20 Å². The fraction of sp³-hybridized carbons (Fsp3) is 0.611. The maximum absolute atomic E-state index is 12.5. The fourth-order valence-corrected chi connectivity index (χ4v) is 3.40. The molecule has 136 valence electrons. The van der Waals surface area contributed by atoms with Crippen LogP contribution >= 0.6 is 0 Å². The number of amides is 2. The molecule has 1 saturated heterocycles. The van der Waals surface area contributed by atoms with Crippen LogP contribution in [0.25, 0.3) is 0 Å². The lowest BCUT2D eigenvalue weighted by molar-refractivity contribution is 0.178. The van der Waals surface area contributed by atoms with Gasteiger partial charge >= 0.3 is 6.03 Å². The van der Waals surface area contributed by atoms with Crippen molar-refractivity contribution >= 4 is 11.8 Å². The molecule has 2 amide bonds. The van der Waals surface area contributed by atoms with Crippen molar-refractivity contribution in [3.05, 3.63) is 30.5 Å². The van der Waals surface area contributed by atoms with Crippen LogP contribution in [0.5, 0.6) is 0 Å². The number of hydrogen-bond acceptors (Lipinski definition) is 3. The van der Waals surface area contributed by atoms with E-state index in [-0.39, 0.29) is 12.1 Å². The Labute approximate surface area is 149 Å². The molecule has 3 rings (SSSR count). The van der Waals surface area contributed by atoms with E-state index < -0.39 is 0 Å². The maximum Gasteiger partial charge on any atom is 0.322 e. The van der Waals surface area contributed by atoms with E-state index >= 15 is 0 Å². The number of anilines is 1. The summed E-state index contributed by atoms with van der Waals surface area (Å²) in [6.45, 7) is 8.78. The number of carbonyl (C=O) groups excluding carboxylic acids is 1. The Morgan fingerprint density at radius 2 is 2.08 bits per heavy atom. The predicted molar refractivity (Wildman–Crippen MR) is 97.5 cm³/mol. The second-order valence-electron chi connectivity index (χ2n) is 7.07. The van der Waals surface area contributed by atoms with Crippen LogP contribution in [0.4, 0.5) is 10.6 Å². The van der Waals surface area contributed by atoms with Gasteiger partial charge in [-0.2, -0.15) is 5.10 Å². The third-order valence-electron chi connectivity index (χ3n) is 5.00. The first-order valence-electron chi connectivity index (χ1n) is 9.11. The van der Waals surface area contributed by atoms with Crippen molar-refractivity contribution in [2.45, 2.75) is 52.6 Å². The average molecular weight is 344 g/mol. The number of aromatic nitrogens is 4. The molecule has 3 heterocycles. The first-order valence-corrected chi connectivity index (χ1v) is 9.11. The molecule has 2 aromatic rings. The topological polar surface area (TPSA) is 68.0 Å². The smallest absolute Gasteiger partial charge is 0.322 e. The number of nitrogens with zero attached hydrogens (tertiary/aromatic N) is 5. The highest BCUT2D eigenvalue weighted by Gasteiger charge is 2.23. The van der Waals surface area contributed by atoms with Crippen molar-refractivity contribution in [1.82, 2.24) is 24.2 Å². The van der Waals surface area contributed by atoms with Crippen LogP contribution < -0.4 is 5.32 Å². The SMILES string of the molecule is Cc1nccn1CCC1CCN(C(=O)Nc2ccnn2C(C)C)CC1. The predicted octanol–water partition coefficient (Wildman–Crippen LogP) is 3.30. The molecule has 7 heteroatoms. The minimum atomic E-state index is -0.0219. The van der Waals surface area contributed by atoms with Crippen LogP contribution in [0, 0.1) is 12.8 Å². The molecule has 0 atom stereocenters. The zero-order valence-corrected chi connectivity index (χ0v) is 15.4. The number of likely N-dealkylation sites (tertiary alicyclic amines) is 1. The summed E-state index contributed by atoms with van der Waals surface area (Å²) in [4.78, 5) is 18.7. The summed E-state index contributed by atoms with van der Waals surface area (Å²) < 4.78 is 4.03. The third-order valence-corrected chi connectivity index (χ3v) is 5.00. The van der Waals surface area contributed by atoms with Gasteiger partial charge in [-0.3, -0.25) is 5.32 Å². The van der Waals surface area contributed by atoms with Crippen molar-refractivity contribution in [2.75, 3.05) is 18.4 Å². The summed E-state index contributed by atoms with van der Waals surface area (Å²) in [5.74, 6) is 2.50. The third kappa shape index (κ3) is 4.21. The quantitative estimate of drug-likeness (QED) is 0.905. The Morgan fingerprint density at radius 1 is 1.32 bits per heavy atom. The molecule has 2 aromatic heterocycles. The number of rotatable bonds is 5. The second-order valence-corrected chi connectivity index (χ2v) is 7.07. The van der Waals surface area contributed by atoms with Crippen LogP contribution in [0.1, 0.15) is 45.0 Å². The minimum absolute atomic E-state index is 0.0219. The lowest BCUT2D eigenvalue weighted by atomic mass is 9.93. The van der Waals surface area contributed by atoms with Crippen LogP contribution in [0.3, 0.4) is 0 Å². The molecule has 1 fully saturated rings. The van der Waals surface area contributed by atoms with E-state index in [2.05, 4.69) is 33.8 Å². The van der Waals surface area contributed by atoms with E-state index in [9.17, 15) is 4.79 Å². The van der Waals surface area contributed by atoms with Crippen LogP contribution in [0.2, 0.25) is 0 Å². The summed E-state index contributed by atoms with van der Waals surface area (Å²) >= 11 is 0. The van der Waals surface area contributed by atoms with Crippen molar-refractivity contribution in [3.8, 4) is 0 Å². The number of urea groups is 1.